The van der Waals surface area contributed by atoms with Crippen LogP contribution in [-0.2, 0) is 16.0 Å². The molecule has 0 fully saturated rings. The maximum Gasteiger partial charge on any atom is 0.427 e. The summed E-state index contributed by atoms with van der Waals surface area (Å²) in [6.45, 7) is 1.93. The van der Waals surface area contributed by atoms with Crippen molar-refractivity contribution in [2.75, 3.05) is 18.5 Å². The Bertz CT molecular complexity index is 898. The number of amides is 2. The van der Waals surface area contributed by atoms with Crippen molar-refractivity contribution in [2.24, 2.45) is 5.10 Å². The van der Waals surface area contributed by atoms with Gasteiger partial charge < -0.3 is 14.8 Å². The highest BCUT2D eigenvalue weighted by molar-refractivity contribution is 6.31. The molecule has 0 aliphatic carbocycles. The molecule has 2 aromatic carbocycles. The molecule has 0 spiro atoms. The number of anilines is 1. The lowest BCUT2D eigenvalue weighted by Crippen LogP contribution is -2.26. The average molecular weight is 388 g/mol. The Hall–Kier alpha value is -3.06. The van der Waals surface area contributed by atoms with Crippen molar-refractivity contribution in [3.05, 3.63) is 58.6 Å². The standard InChI is InChI=1S/C19H18ClN3O4/c1-2-26-19(25)23-22-15(9-12-5-3-4-6-14(12)20)13-7-8-17-16(10-13)21-18(24)11-27-17/h3-8,10H,2,9,11H2,1H3,(H,21,24)(H,23,25)/b22-15+. The van der Waals surface area contributed by atoms with Gasteiger partial charge in [0.15, 0.2) is 6.61 Å². The molecule has 140 valence electrons. The molecule has 1 aliphatic rings. The number of benzene rings is 2. The van der Waals surface area contributed by atoms with Crippen LogP contribution in [0.1, 0.15) is 18.1 Å². The molecule has 7 nitrogen and oxygen atoms in total. The highest BCUT2D eigenvalue weighted by Crippen LogP contribution is 2.29. The first kappa shape index (κ1) is 18.7. The lowest BCUT2D eigenvalue weighted by Gasteiger charge is -2.19. The minimum atomic E-state index is -0.649. The molecule has 0 unspecified atom stereocenters. The fourth-order valence-corrected chi connectivity index (χ4v) is 2.77. The van der Waals surface area contributed by atoms with Crippen LogP contribution < -0.4 is 15.5 Å². The molecule has 1 aliphatic heterocycles. The van der Waals surface area contributed by atoms with E-state index < -0.39 is 6.09 Å². The number of hydrogen-bond donors (Lipinski definition) is 2. The van der Waals surface area contributed by atoms with Gasteiger partial charge in [0.25, 0.3) is 5.91 Å². The van der Waals surface area contributed by atoms with Crippen molar-refractivity contribution in [1.29, 1.82) is 0 Å². The zero-order chi connectivity index (χ0) is 19.2. The minimum absolute atomic E-state index is 0.0165. The molecule has 2 aromatic rings. The molecule has 0 radical (unpaired) electrons. The largest absolute Gasteiger partial charge is 0.482 e. The van der Waals surface area contributed by atoms with E-state index >= 15 is 0 Å². The van der Waals surface area contributed by atoms with Crippen LogP contribution in [-0.4, -0.2) is 30.9 Å². The molecular formula is C19H18ClN3O4. The van der Waals surface area contributed by atoms with Crippen molar-refractivity contribution in [3.8, 4) is 5.75 Å². The van der Waals surface area contributed by atoms with Gasteiger partial charge in [0.1, 0.15) is 5.75 Å². The van der Waals surface area contributed by atoms with Crippen LogP contribution in [0.15, 0.2) is 47.6 Å². The Kier molecular flexibility index (Phi) is 5.93. The topological polar surface area (TPSA) is 89.0 Å². The van der Waals surface area contributed by atoms with Gasteiger partial charge in [-0.1, -0.05) is 29.8 Å². The number of nitrogens with zero attached hydrogens (tertiary/aromatic N) is 1. The minimum Gasteiger partial charge on any atom is -0.482 e. The summed E-state index contributed by atoms with van der Waals surface area (Å²) in [6, 6.07) is 12.7. The Morgan fingerprint density at radius 3 is 2.93 bits per heavy atom. The van der Waals surface area contributed by atoms with Crippen molar-refractivity contribution in [1.82, 2.24) is 5.43 Å². The van der Waals surface area contributed by atoms with Gasteiger partial charge in [0.2, 0.25) is 0 Å². The van der Waals surface area contributed by atoms with Crippen LogP contribution in [0.4, 0.5) is 10.5 Å². The molecule has 0 saturated carbocycles. The first-order valence-corrected chi connectivity index (χ1v) is 8.74. The van der Waals surface area contributed by atoms with Crippen LogP contribution in [0.2, 0.25) is 5.02 Å². The number of nitrogens with one attached hydrogen (secondary N) is 2. The number of halogens is 1. The molecule has 3 rings (SSSR count). The van der Waals surface area contributed by atoms with Gasteiger partial charge >= 0.3 is 6.09 Å². The van der Waals surface area contributed by atoms with Crippen LogP contribution in [0, 0.1) is 0 Å². The molecule has 1 heterocycles. The lowest BCUT2D eigenvalue weighted by atomic mass is 10.0. The molecule has 0 saturated heterocycles. The zero-order valence-corrected chi connectivity index (χ0v) is 15.4. The molecule has 0 aromatic heterocycles. The predicted molar refractivity (Wildman–Crippen MR) is 102 cm³/mol. The summed E-state index contributed by atoms with van der Waals surface area (Å²) >= 11 is 6.26. The molecular weight excluding hydrogens is 370 g/mol. The fourth-order valence-electron chi connectivity index (χ4n) is 2.57. The van der Waals surface area contributed by atoms with Crippen LogP contribution >= 0.6 is 11.6 Å². The Morgan fingerprint density at radius 2 is 2.15 bits per heavy atom. The van der Waals surface area contributed by atoms with E-state index in [1.165, 1.54) is 0 Å². The third-order valence-corrected chi connectivity index (χ3v) is 4.19. The highest BCUT2D eigenvalue weighted by atomic mass is 35.5. The Morgan fingerprint density at radius 1 is 1.33 bits per heavy atom. The van der Waals surface area contributed by atoms with E-state index in [0.29, 0.717) is 34.2 Å². The second-order valence-electron chi connectivity index (χ2n) is 5.71. The van der Waals surface area contributed by atoms with E-state index in [2.05, 4.69) is 15.8 Å². The van der Waals surface area contributed by atoms with Gasteiger partial charge in [-0.2, -0.15) is 5.10 Å². The second kappa shape index (κ2) is 8.55. The molecule has 0 bridgehead atoms. The SMILES string of the molecule is CCOC(=O)N/N=C(\Cc1ccccc1Cl)c1ccc2c(c1)NC(=O)CO2. The predicted octanol–water partition coefficient (Wildman–Crippen LogP) is 3.36. The van der Waals surface area contributed by atoms with E-state index in [0.717, 1.165) is 5.56 Å². The van der Waals surface area contributed by atoms with Crippen molar-refractivity contribution >= 4 is 35.0 Å². The summed E-state index contributed by atoms with van der Waals surface area (Å²) in [4.78, 5) is 23.2. The van der Waals surface area contributed by atoms with Gasteiger partial charge in [0.05, 0.1) is 18.0 Å². The van der Waals surface area contributed by atoms with Gasteiger partial charge in [0, 0.05) is 17.0 Å². The van der Waals surface area contributed by atoms with Gasteiger partial charge in [-0.3, -0.25) is 4.79 Å². The molecule has 27 heavy (non-hydrogen) atoms. The Labute approximate surface area is 161 Å². The number of hydrazone groups is 1. The number of carbonyl (C=O) groups excluding carboxylic acids is 2. The van der Waals surface area contributed by atoms with Crippen molar-refractivity contribution in [3.63, 3.8) is 0 Å². The average Bonchev–Trinajstić information content (AvgIpc) is 2.66. The molecule has 0 atom stereocenters. The maximum absolute atomic E-state index is 11.6. The Balaban J connectivity index is 1.92. The van der Waals surface area contributed by atoms with E-state index in [4.69, 9.17) is 21.1 Å². The van der Waals surface area contributed by atoms with Crippen LogP contribution in [0.25, 0.3) is 0 Å². The third-order valence-electron chi connectivity index (χ3n) is 3.82. The highest BCUT2D eigenvalue weighted by Gasteiger charge is 2.18. The smallest absolute Gasteiger partial charge is 0.427 e. The number of ether oxygens (including phenoxy) is 2. The second-order valence-corrected chi connectivity index (χ2v) is 6.11. The number of carbonyl (C=O) groups is 2. The molecule has 2 N–H and O–H groups in total. The van der Waals surface area contributed by atoms with Crippen LogP contribution in [0.5, 0.6) is 5.75 Å². The summed E-state index contributed by atoms with van der Waals surface area (Å²) in [7, 11) is 0. The van der Waals surface area contributed by atoms with Gasteiger partial charge in [-0.25, -0.2) is 10.2 Å². The number of fused-ring (bicyclic) bond motifs is 1. The van der Waals surface area contributed by atoms with Gasteiger partial charge in [-0.15, -0.1) is 0 Å². The van der Waals surface area contributed by atoms with E-state index in [9.17, 15) is 9.59 Å². The van der Waals surface area contributed by atoms with E-state index in [1.807, 2.05) is 18.2 Å². The first-order valence-electron chi connectivity index (χ1n) is 8.36. The van der Waals surface area contributed by atoms with E-state index in [-0.39, 0.29) is 19.1 Å². The summed E-state index contributed by atoms with van der Waals surface area (Å²) in [5, 5.41) is 7.55. The lowest BCUT2D eigenvalue weighted by molar-refractivity contribution is -0.118. The summed E-state index contributed by atoms with van der Waals surface area (Å²) < 4.78 is 10.2. The normalized spacial score (nSPS) is 13.3. The molecule has 2 amide bonds. The summed E-state index contributed by atoms with van der Waals surface area (Å²) in [6.07, 6.45) is -0.275. The number of hydrogen-bond acceptors (Lipinski definition) is 5. The summed E-state index contributed by atoms with van der Waals surface area (Å²) in [5.41, 5.74) is 5.03. The van der Waals surface area contributed by atoms with Crippen LogP contribution in [0.3, 0.4) is 0 Å². The first-order chi connectivity index (χ1) is 13.1. The number of rotatable bonds is 5. The third kappa shape index (κ3) is 4.77. The molecule has 8 heteroatoms. The van der Waals surface area contributed by atoms with Crippen molar-refractivity contribution in [2.45, 2.75) is 13.3 Å². The quantitative estimate of drug-likeness (QED) is 0.608. The van der Waals surface area contributed by atoms with Crippen molar-refractivity contribution < 1.29 is 19.1 Å². The monoisotopic (exact) mass is 387 g/mol. The van der Waals surface area contributed by atoms with Gasteiger partial charge in [-0.05, 0) is 36.8 Å². The van der Waals surface area contributed by atoms with E-state index in [1.54, 1.807) is 31.2 Å². The maximum atomic E-state index is 11.6. The zero-order valence-electron chi connectivity index (χ0n) is 14.6. The summed E-state index contributed by atoms with van der Waals surface area (Å²) in [5.74, 6) is 0.350. The fraction of sp³-hybridized carbons (Fsp3) is 0.211.